The van der Waals surface area contributed by atoms with Crippen LogP contribution in [0.25, 0.3) is 10.4 Å². The third kappa shape index (κ3) is 1.02. The summed E-state index contributed by atoms with van der Waals surface area (Å²) in [6, 6.07) is 0.111. The lowest BCUT2D eigenvalue weighted by Crippen LogP contribution is -2.34. The third-order valence-electron chi connectivity index (χ3n) is 2.73. The number of fused-ring (bicyclic) bond motifs is 1. The van der Waals surface area contributed by atoms with Crippen LogP contribution in [0.15, 0.2) is 5.11 Å². The van der Waals surface area contributed by atoms with Crippen molar-refractivity contribution in [2.45, 2.75) is 31.3 Å². The van der Waals surface area contributed by atoms with Crippen LogP contribution in [0.4, 0.5) is 0 Å². The van der Waals surface area contributed by atoms with Crippen LogP contribution in [0.3, 0.4) is 0 Å². The van der Waals surface area contributed by atoms with E-state index in [9.17, 15) is 4.79 Å². The SMILES string of the molecule is [N-]=[N+]=NC1CCC2CC(=O)NC21. The van der Waals surface area contributed by atoms with E-state index in [4.69, 9.17) is 5.53 Å². The Bertz CT molecular complexity index is 258. The summed E-state index contributed by atoms with van der Waals surface area (Å²) in [7, 11) is 0. The van der Waals surface area contributed by atoms with Crippen molar-refractivity contribution in [1.82, 2.24) is 5.32 Å². The predicted molar refractivity (Wildman–Crippen MR) is 42.2 cm³/mol. The molecule has 0 bridgehead atoms. The highest BCUT2D eigenvalue weighted by molar-refractivity contribution is 5.79. The van der Waals surface area contributed by atoms with Crippen LogP contribution in [0.1, 0.15) is 19.3 Å². The summed E-state index contributed by atoms with van der Waals surface area (Å²) >= 11 is 0. The standard InChI is InChI=1S/C7H10N4O/c8-11-10-5-2-1-4-3-6(12)9-7(4)5/h4-5,7H,1-3H2,(H,9,12). The molecule has 3 atom stereocenters. The first-order valence-electron chi connectivity index (χ1n) is 4.15. The molecular weight excluding hydrogens is 156 g/mol. The molecule has 2 aliphatic rings. The van der Waals surface area contributed by atoms with Crippen molar-refractivity contribution < 1.29 is 4.79 Å². The van der Waals surface area contributed by atoms with Crippen LogP contribution in [-0.2, 0) is 4.79 Å². The number of nitrogens with zero attached hydrogens (tertiary/aromatic N) is 3. The molecule has 1 saturated carbocycles. The van der Waals surface area contributed by atoms with Gasteiger partial charge in [-0.05, 0) is 24.3 Å². The molecule has 0 aromatic carbocycles. The molecule has 3 unspecified atom stereocenters. The Morgan fingerprint density at radius 2 is 2.42 bits per heavy atom. The molecule has 1 amide bonds. The molecular formula is C7H10N4O. The highest BCUT2D eigenvalue weighted by Crippen LogP contribution is 2.34. The second-order valence-corrected chi connectivity index (χ2v) is 3.41. The number of azide groups is 1. The van der Waals surface area contributed by atoms with Crippen LogP contribution in [-0.4, -0.2) is 18.0 Å². The van der Waals surface area contributed by atoms with Gasteiger partial charge in [0.2, 0.25) is 5.91 Å². The number of hydrogen-bond donors (Lipinski definition) is 1. The Hall–Kier alpha value is -1.22. The van der Waals surface area contributed by atoms with Gasteiger partial charge < -0.3 is 5.32 Å². The number of nitrogens with one attached hydrogen (secondary N) is 1. The van der Waals surface area contributed by atoms with Gasteiger partial charge in [-0.3, -0.25) is 4.79 Å². The number of carbonyl (C=O) groups excluding carboxylic acids is 1. The Morgan fingerprint density at radius 3 is 3.17 bits per heavy atom. The van der Waals surface area contributed by atoms with Crippen molar-refractivity contribution >= 4 is 5.91 Å². The lowest BCUT2D eigenvalue weighted by molar-refractivity contribution is -0.119. The smallest absolute Gasteiger partial charge is 0.220 e. The maximum absolute atomic E-state index is 11.0. The van der Waals surface area contributed by atoms with Crippen molar-refractivity contribution in [1.29, 1.82) is 0 Å². The monoisotopic (exact) mass is 166 g/mol. The zero-order valence-electron chi connectivity index (χ0n) is 6.60. The van der Waals surface area contributed by atoms with Gasteiger partial charge in [-0.2, -0.15) is 0 Å². The molecule has 0 spiro atoms. The molecule has 12 heavy (non-hydrogen) atoms. The highest BCUT2D eigenvalue weighted by Gasteiger charge is 2.41. The molecule has 1 aliphatic heterocycles. The molecule has 0 aromatic rings. The topological polar surface area (TPSA) is 77.9 Å². The van der Waals surface area contributed by atoms with E-state index in [0.717, 1.165) is 12.8 Å². The molecule has 5 nitrogen and oxygen atoms in total. The second kappa shape index (κ2) is 2.68. The molecule has 64 valence electrons. The number of carbonyl (C=O) groups is 1. The van der Waals surface area contributed by atoms with Crippen molar-refractivity contribution in [2.75, 3.05) is 0 Å². The fourth-order valence-electron chi connectivity index (χ4n) is 2.18. The van der Waals surface area contributed by atoms with E-state index in [1.165, 1.54) is 0 Å². The minimum absolute atomic E-state index is 0.00792. The Balaban J connectivity index is 2.12. The van der Waals surface area contributed by atoms with Gasteiger partial charge in [0, 0.05) is 17.4 Å². The van der Waals surface area contributed by atoms with Crippen LogP contribution in [0, 0.1) is 5.92 Å². The van der Waals surface area contributed by atoms with E-state index in [0.29, 0.717) is 12.3 Å². The zero-order chi connectivity index (χ0) is 8.55. The van der Waals surface area contributed by atoms with Crippen LogP contribution < -0.4 is 5.32 Å². The minimum Gasteiger partial charge on any atom is -0.353 e. The molecule has 1 saturated heterocycles. The maximum atomic E-state index is 11.0. The van der Waals surface area contributed by atoms with Gasteiger partial charge in [-0.25, -0.2) is 0 Å². The van der Waals surface area contributed by atoms with Gasteiger partial charge in [-0.15, -0.1) is 0 Å². The third-order valence-corrected chi connectivity index (χ3v) is 2.73. The van der Waals surface area contributed by atoms with Gasteiger partial charge in [0.05, 0.1) is 6.04 Å². The van der Waals surface area contributed by atoms with E-state index in [1.807, 2.05) is 0 Å². The summed E-state index contributed by atoms with van der Waals surface area (Å²) < 4.78 is 0. The summed E-state index contributed by atoms with van der Waals surface area (Å²) in [4.78, 5) is 13.7. The fourth-order valence-corrected chi connectivity index (χ4v) is 2.18. The van der Waals surface area contributed by atoms with Crippen molar-refractivity contribution in [2.24, 2.45) is 11.0 Å². The first-order chi connectivity index (χ1) is 5.81. The lowest BCUT2D eigenvalue weighted by atomic mass is 10.0. The first kappa shape index (κ1) is 7.43. The molecule has 0 radical (unpaired) electrons. The van der Waals surface area contributed by atoms with Gasteiger partial charge >= 0.3 is 0 Å². The molecule has 2 rings (SSSR count). The largest absolute Gasteiger partial charge is 0.353 e. The van der Waals surface area contributed by atoms with Crippen LogP contribution >= 0.6 is 0 Å². The quantitative estimate of drug-likeness (QED) is 0.351. The molecule has 1 heterocycles. The number of hydrogen-bond acceptors (Lipinski definition) is 2. The van der Waals surface area contributed by atoms with Crippen LogP contribution in [0.5, 0.6) is 0 Å². The lowest BCUT2D eigenvalue weighted by Gasteiger charge is -2.12. The van der Waals surface area contributed by atoms with Crippen molar-refractivity contribution in [3.8, 4) is 0 Å². The highest BCUT2D eigenvalue weighted by atomic mass is 16.2. The van der Waals surface area contributed by atoms with Gasteiger partial charge in [-0.1, -0.05) is 5.11 Å². The molecule has 0 aromatic heterocycles. The Morgan fingerprint density at radius 1 is 1.58 bits per heavy atom. The van der Waals surface area contributed by atoms with Gasteiger partial charge in [0.15, 0.2) is 0 Å². The van der Waals surface area contributed by atoms with Crippen molar-refractivity contribution in [3.63, 3.8) is 0 Å². The van der Waals surface area contributed by atoms with Gasteiger partial charge in [0.1, 0.15) is 0 Å². The van der Waals surface area contributed by atoms with E-state index in [2.05, 4.69) is 15.3 Å². The fraction of sp³-hybridized carbons (Fsp3) is 0.857. The predicted octanol–water partition coefficient (Wildman–Crippen LogP) is 0.964. The molecule has 5 heteroatoms. The van der Waals surface area contributed by atoms with E-state index in [1.54, 1.807) is 0 Å². The van der Waals surface area contributed by atoms with E-state index >= 15 is 0 Å². The summed E-state index contributed by atoms with van der Waals surface area (Å²) in [6.07, 6.45) is 2.54. The minimum atomic E-state index is -0.00792. The Labute approximate surface area is 69.8 Å². The summed E-state index contributed by atoms with van der Waals surface area (Å²) in [5.74, 6) is 0.510. The van der Waals surface area contributed by atoms with Crippen molar-refractivity contribution in [3.05, 3.63) is 10.4 Å². The molecule has 1 aliphatic carbocycles. The summed E-state index contributed by atoms with van der Waals surface area (Å²) in [6.45, 7) is 0. The summed E-state index contributed by atoms with van der Waals surface area (Å²) in [5, 5.41) is 6.51. The average Bonchev–Trinajstić information content (AvgIpc) is 2.52. The van der Waals surface area contributed by atoms with Gasteiger partial charge in [0.25, 0.3) is 0 Å². The van der Waals surface area contributed by atoms with E-state index in [-0.39, 0.29) is 18.0 Å². The molecule has 1 N–H and O–H groups in total. The number of amides is 1. The zero-order valence-corrected chi connectivity index (χ0v) is 6.60. The normalized spacial score (nSPS) is 38.7. The molecule has 2 fully saturated rings. The summed E-state index contributed by atoms with van der Waals surface area (Å²) in [5.41, 5.74) is 8.26. The Kier molecular flexibility index (Phi) is 1.66. The second-order valence-electron chi connectivity index (χ2n) is 3.41. The first-order valence-corrected chi connectivity index (χ1v) is 4.15. The maximum Gasteiger partial charge on any atom is 0.220 e. The van der Waals surface area contributed by atoms with E-state index < -0.39 is 0 Å². The number of rotatable bonds is 1. The average molecular weight is 166 g/mol. The van der Waals surface area contributed by atoms with Crippen LogP contribution in [0.2, 0.25) is 0 Å².